The Bertz CT molecular complexity index is 822. The molecule has 2 heterocycles. The number of nitrogens with zero attached hydrogens (tertiary/aromatic N) is 2. The first-order valence-electron chi connectivity index (χ1n) is 9.67. The van der Waals surface area contributed by atoms with E-state index >= 15 is 0 Å². The van der Waals surface area contributed by atoms with Gasteiger partial charge in [-0.05, 0) is 56.0 Å². The highest BCUT2D eigenvalue weighted by atomic mass is 79.9. The van der Waals surface area contributed by atoms with E-state index in [0.29, 0.717) is 30.6 Å². The fourth-order valence-electron chi connectivity index (χ4n) is 3.25. The average molecular weight is 445 g/mol. The fraction of sp³-hybridized carbons (Fsp3) is 0.381. The lowest BCUT2D eigenvalue weighted by molar-refractivity contribution is 0.0952. The van der Waals surface area contributed by atoms with Crippen molar-refractivity contribution in [3.63, 3.8) is 0 Å². The maximum absolute atomic E-state index is 12.6. The molecule has 6 nitrogen and oxygen atoms in total. The van der Waals surface area contributed by atoms with Gasteiger partial charge in [0.25, 0.3) is 11.8 Å². The Morgan fingerprint density at radius 3 is 2.50 bits per heavy atom. The summed E-state index contributed by atoms with van der Waals surface area (Å²) in [5.74, 6) is 0.530. The van der Waals surface area contributed by atoms with Gasteiger partial charge in [0.05, 0.1) is 5.56 Å². The van der Waals surface area contributed by atoms with E-state index in [-0.39, 0.29) is 11.8 Å². The molecule has 7 heteroatoms. The number of amides is 2. The molecule has 1 aliphatic heterocycles. The predicted octanol–water partition coefficient (Wildman–Crippen LogP) is 3.38. The highest BCUT2D eigenvalue weighted by Gasteiger charge is 2.19. The van der Waals surface area contributed by atoms with Crippen LogP contribution in [0.25, 0.3) is 0 Å². The summed E-state index contributed by atoms with van der Waals surface area (Å²) >= 11 is 3.36. The number of pyridine rings is 1. The van der Waals surface area contributed by atoms with Crippen LogP contribution in [-0.2, 0) is 0 Å². The number of rotatable bonds is 7. The second kappa shape index (κ2) is 10.2. The van der Waals surface area contributed by atoms with Crippen LogP contribution in [0.15, 0.2) is 47.1 Å². The predicted molar refractivity (Wildman–Crippen MR) is 114 cm³/mol. The van der Waals surface area contributed by atoms with Crippen molar-refractivity contribution in [3.05, 3.63) is 58.2 Å². The second-order valence-electron chi connectivity index (χ2n) is 6.80. The summed E-state index contributed by atoms with van der Waals surface area (Å²) in [5.41, 5.74) is 1.22. The van der Waals surface area contributed by atoms with Crippen molar-refractivity contribution < 1.29 is 9.59 Å². The summed E-state index contributed by atoms with van der Waals surface area (Å²) in [6.45, 7) is 2.88. The zero-order valence-corrected chi connectivity index (χ0v) is 17.4. The van der Waals surface area contributed by atoms with Gasteiger partial charge in [-0.15, -0.1) is 0 Å². The Morgan fingerprint density at radius 2 is 1.75 bits per heavy atom. The Hall–Kier alpha value is -2.41. The standard InChI is InChI=1S/C21H25BrN4O2/c22-17-8-4-7-16(15-17)20(27)24-11-6-12-25-21(28)18-9-5-10-23-19(18)26-13-2-1-3-14-26/h4-5,7-10,15H,1-3,6,11-14H2,(H,24,27)(H,25,28). The second-order valence-corrected chi connectivity index (χ2v) is 7.71. The van der Waals surface area contributed by atoms with Crippen LogP contribution in [-0.4, -0.2) is 43.0 Å². The summed E-state index contributed by atoms with van der Waals surface area (Å²) in [4.78, 5) is 31.3. The van der Waals surface area contributed by atoms with Gasteiger partial charge in [0, 0.05) is 42.4 Å². The largest absolute Gasteiger partial charge is 0.356 e. The van der Waals surface area contributed by atoms with Gasteiger partial charge in [-0.25, -0.2) is 4.98 Å². The van der Waals surface area contributed by atoms with Crippen molar-refractivity contribution in [3.8, 4) is 0 Å². The molecule has 3 rings (SSSR count). The lowest BCUT2D eigenvalue weighted by Crippen LogP contribution is -2.34. The number of hydrogen-bond acceptors (Lipinski definition) is 4. The number of benzene rings is 1. The number of anilines is 1. The van der Waals surface area contributed by atoms with Gasteiger partial charge in [0.1, 0.15) is 5.82 Å². The van der Waals surface area contributed by atoms with Crippen LogP contribution in [0.5, 0.6) is 0 Å². The lowest BCUT2D eigenvalue weighted by Gasteiger charge is -2.29. The molecule has 0 atom stereocenters. The summed E-state index contributed by atoms with van der Waals surface area (Å²) in [7, 11) is 0. The van der Waals surface area contributed by atoms with E-state index in [4.69, 9.17) is 0 Å². The number of nitrogens with one attached hydrogen (secondary N) is 2. The molecule has 1 aromatic heterocycles. The van der Waals surface area contributed by atoms with Crippen molar-refractivity contribution in [2.45, 2.75) is 25.7 Å². The molecule has 2 N–H and O–H groups in total. The van der Waals surface area contributed by atoms with Gasteiger partial charge in [-0.2, -0.15) is 0 Å². The van der Waals surface area contributed by atoms with Crippen LogP contribution in [0, 0.1) is 0 Å². The molecule has 2 aromatic rings. The number of aromatic nitrogens is 1. The molecule has 148 valence electrons. The summed E-state index contributed by atoms with van der Waals surface area (Å²) < 4.78 is 0.869. The Balaban J connectivity index is 1.45. The van der Waals surface area contributed by atoms with Crippen molar-refractivity contribution in [1.29, 1.82) is 0 Å². The monoisotopic (exact) mass is 444 g/mol. The summed E-state index contributed by atoms with van der Waals surface area (Å²) in [6.07, 6.45) is 5.89. The molecule has 1 saturated heterocycles. The van der Waals surface area contributed by atoms with Crippen LogP contribution < -0.4 is 15.5 Å². The highest BCUT2D eigenvalue weighted by molar-refractivity contribution is 9.10. The Morgan fingerprint density at radius 1 is 1.00 bits per heavy atom. The molecule has 1 fully saturated rings. The van der Waals surface area contributed by atoms with Crippen LogP contribution in [0.3, 0.4) is 0 Å². The molecule has 0 aliphatic carbocycles. The van der Waals surface area contributed by atoms with Crippen molar-refractivity contribution in [1.82, 2.24) is 15.6 Å². The Kier molecular flexibility index (Phi) is 7.42. The number of piperidine rings is 1. The van der Waals surface area contributed by atoms with Gasteiger partial charge < -0.3 is 15.5 Å². The van der Waals surface area contributed by atoms with E-state index < -0.39 is 0 Å². The minimum absolute atomic E-state index is 0.118. The molecular weight excluding hydrogens is 420 g/mol. The first-order valence-corrected chi connectivity index (χ1v) is 10.5. The van der Waals surface area contributed by atoms with E-state index in [9.17, 15) is 9.59 Å². The van der Waals surface area contributed by atoms with Crippen LogP contribution >= 0.6 is 15.9 Å². The van der Waals surface area contributed by atoms with E-state index in [2.05, 4.69) is 36.4 Å². The van der Waals surface area contributed by atoms with Gasteiger partial charge in [-0.3, -0.25) is 9.59 Å². The normalized spacial score (nSPS) is 13.8. The lowest BCUT2D eigenvalue weighted by atomic mass is 10.1. The minimum atomic E-state index is -0.119. The van der Waals surface area contributed by atoms with Crippen molar-refractivity contribution in [2.75, 3.05) is 31.1 Å². The molecule has 1 aromatic carbocycles. The van der Waals surface area contributed by atoms with Gasteiger partial charge in [0.15, 0.2) is 0 Å². The maximum atomic E-state index is 12.6. The Labute approximate surface area is 173 Å². The zero-order chi connectivity index (χ0) is 19.8. The molecule has 28 heavy (non-hydrogen) atoms. The third kappa shape index (κ3) is 5.55. The van der Waals surface area contributed by atoms with Crippen molar-refractivity contribution in [2.24, 2.45) is 0 Å². The molecular formula is C21H25BrN4O2. The van der Waals surface area contributed by atoms with E-state index in [0.717, 1.165) is 36.2 Å². The quantitative estimate of drug-likeness (QED) is 0.641. The number of carbonyl (C=O) groups is 2. The summed E-state index contributed by atoms with van der Waals surface area (Å²) in [5, 5.41) is 5.81. The fourth-order valence-corrected chi connectivity index (χ4v) is 3.65. The number of halogens is 1. The van der Waals surface area contributed by atoms with Crippen LogP contribution in [0.2, 0.25) is 0 Å². The van der Waals surface area contributed by atoms with Crippen LogP contribution in [0.1, 0.15) is 46.4 Å². The highest BCUT2D eigenvalue weighted by Crippen LogP contribution is 2.21. The molecule has 0 bridgehead atoms. The number of carbonyl (C=O) groups excluding carboxylic acids is 2. The van der Waals surface area contributed by atoms with E-state index in [1.54, 1.807) is 24.4 Å². The molecule has 0 spiro atoms. The first kappa shape index (κ1) is 20.3. The van der Waals surface area contributed by atoms with Gasteiger partial charge >= 0.3 is 0 Å². The van der Waals surface area contributed by atoms with Gasteiger partial charge in [0.2, 0.25) is 0 Å². The molecule has 0 saturated carbocycles. The maximum Gasteiger partial charge on any atom is 0.255 e. The molecule has 0 unspecified atom stereocenters. The van der Waals surface area contributed by atoms with Crippen molar-refractivity contribution >= 4 is 33.6 Å². The molecule has 2 amide bonds. The van der Waals surface area contributed by atoms with E-state index in [1.807, 2.05) is 18.2 Å². The minimum Gasteiger partial charge on any atom is -0.356 e. The zero-order valence-electron chi connectivity index (χ0n) is 15.8. The SMILES string of the molecule is O=C(NCCCNC(=O)c1cccnc1N1CCCCC1)c1cccc(Br)c1. The van der Waals surface area contributed by atoms with Crippen LogP contribution in [0.4, 0.5) is 5.82 Å². The van der Waals surface area contributed by atoms with E-state index in [1.165, 1.54) is 6.42 Å². The average Bonchev–Trinajstić information content (AvgIpc) is 2.74. The third-order valence-electron chi connectivity index (χ3n) is 4.70. The number of hydrogen-bond donors (Lipinski definition) is 2. The van der Waals surface area contributed by atoms with Gasteiger partial charge in [-0.1, -0.05) is 22.0 Å². The molecule has 1 aliphatic rings. The summed E-state index contributed by atoms with van der Waals surface area (Å²) in [6, 6.07) is 10.9. The third-order valence-corrected chi connectivity index (χ3v) is 5.19. The molecule has 0 radical (unpaired) electrons. The topological polar surface area (TPSA) is 74.3 Å². The smallest absolute Gasteiger partial charge is 0.255 e. The first-order chi connectivity index (χ1) is 13.6.